The molecule has 0 amide bonds. The minimum atomic E-state index is -4.45. The Morgan fingerprint density at radius 2 is 1.87 bits per heavy atom. The number of hydrogen-bond acceptors (Lipinski definition) is 3. The average Bonchev–Trinajstić information content (AvgIpc) is 2.53. The third-order valence-corrected chi connectivity index (χ3v) is 2.92. The van der Waals surface area contributed by atoms with Gasteiger partial charge >= 0.3 is 6.18 Å². The van der Waals surface area contributed by atoms with Gasteiger partial charge in [-0.1, -0.05) is 13.0 Å². The molecule has 0 unspecified atom stereocenters. The van der Waals surface area contributed by atoms with Crippen LogP contribution in [0.4, 0.5) is 13.2 Å². The molecule has 2 aromatic rings. The molecule has 2 rings (SSSR count). The zero-order chi connectivity index (χ0) is 16.9. The van der Waals surface area contributed by atoms with Crippen molar-refractivity contribution in [2.24, 2.45) is 0 Å². The van der Waals surface area contributed by atoms with Gasteiger partial charge in [-0.15, -0.1) is 0 Å². The van der Waals surface area contributed by atoms with Crippen molar-refractivity contribution in [1.29, 1.82) is 5.26 Å². The zero-order valence-electron chi connectivity index (χ0n) is 12.4. The van der Waals surface area contributed by atoms with Crippen LogP contribution in [0.2, 0.25) is 0 Å². The molecule has 2 aromatic carbocycles. The van der Waals surface area contributed by atoms with E-state index >= 15 is 0 Å². The second-order valence-electron chi connectivity index (χ2n) is 4.75. The van der Waals surface area contributed by atoms with Crippen molar-refractivity contribution < 1.29 is 22.6 Å². The van der Waals surface area contributed by atoms with Gasteiger partial charge in [-0.2, -0.15) is 18.4 Å². The zero-order valence-corrected chi connectivity index (χ0v) is 12.4. The van der Waals surface area contributed by atoms with E-state index in [1.54, 1.807) is 18.2 Å². The molecule has 0 N–H and O–H groups in total. The van der Waals surface area contributed by atoms with E-state index in [4.69, 9.17) is 14.7 Å². The Labute approximate surface area is 131 Å². The second kappa shape index (κ2) is 7.05. The first-order valence-electron chi connectivity index (χ1n) is 6.96. The van der Waals surface area contributed by atoms with Crippen molar-refractivity contribution in [3.63, 3.8) is 0 Å². The Morgan fingerprint density at radius 3 is 2.52 bits per heavy atom. The van der Waals surface area contributed by atoms with Crippen LogP contribution in [-0.4, -0.2) is 6.61 Å². The summed E-state index contributed by atoms with van der Waals surface area (Å²) < 4.78 is 49.4. The van der Waals surface area contributed by atoms with Crippen molar-refractivity contribution in [2.45, 2.75) is 19.5 Å². The Kier molecular flexibility index (Phi) is 5.12. The van der Waals surface area contributed by atoms with Crippen molar-refractivity contribution in [3.05, 3.63) is 53.6 Å². The van der Waals surface area contributed by atoms with Crippen LogP contribution in [0.15, 0.2) is 42.5 Å². The van der Waals surface area contributed by atoms with Crippen LogP contribution in [0.3, 0.4) is 0 Å². The fraction of sp³-hybridized carbons (Fsp3) is 0.235. The van der Waals surface area contributed by atoms with Gasteiger partial charge in [-0.25, -0.2) is 0 Å². The SMILES string of the molecule is CCCOc1cc(C(F)(F)F)ccc1Oc1cccc(C#N)c1. The Hall–Kier alpha value is -2.68. The van der Waals surface area contributed by atoms with Gasteiger partial charge in [0.1, 0.15) is 5.75 Å². The number of nitrogens with zero attached hydrogens (tertiary/aromatic N) is 1. The van der Waals surface area contributed by atoms with E-state index in [9.17, 15) is 13.2 Å². The lowest BCUT2D eigenvalue weighted by Crippen LogP contribution is -2.06. The number of halogens is 3. The van der Waals surface area contributed by atoms with Gasteiger partial charge < -0.3 is 9.47 Å². The molecule has 0 atom stereocenters. The van der Waals surface area contributed by atoms with Gasteiger partial charge in [0.25, 0.3) is 0 Å². The fourth-order valence-corrected chi connectivity index (χ4v) is 1.85. The van der Waals surface area contributed by atoms with E-state index in [0.29, 0.717) is 17.7 Å². The van der Waals surface area contributed by atoms with Gasteiger partial charge in [0.05, 0.1) is 23.8 Å². The summed E-state index contributed by atoms with van der Waals surface area (Å²) in [5, 5.41) is 8.87. The molecule has 3 nitrogen and oxygen atoms in total. The number of nitriles is 1. The molecule has 0 aliphatic carbocycles. The third kappa shape index (κ3) is 4.39. The minimum Gasteiger partial charge on any atom is -0.490 e. The Morgan fingerprint density at radius 1 is 1.09 bits per heavy atom. The normalized spacial score (nSPS) is 10.9. The van der Waals surface area contributed by atoms with E-state index in [1.165, 1.54) is 12.1 Å². The van der Waals surface area contributed by atoms with Crippen molar-refractivity contribution in [2.75, 3.05) is 6.61 Å². The molecule has 0 fully saturated rings. The van der Waals surface area contributed by atoms with E-state index in [-0.39, 0.29) is 18.1 Å². The molecular weight excluding hydrogens is 307 g/mol. The van der Waals surface area contributed by atoms with Crippen molar-refractivity contribution in [1.82, 2.24) is 0 Å². The maximum Gasteiger partial charge on any atom is 0.416 e. The van der Waals surface area contributed by atoms with Crippen LogP contribution >= 0.6 is 0 Å². The number of benzene rings is 2. The molecule has 0 aliphatic rings. The standard InChI is InChI=1S/C17H14F3NO2/c1-2-8-22-16-10-13(17(18,19)20)6-7-15(16)23-14-5-3-4-12(9-14)11-21/h3-7,9-10H,2,8H2,1H3. The van der Waals surface area contributed by atoms with E-state index in [1.807, 2.05) is 13.0 Å². The molecule has 0 aliphatic heterocycles. The fourth-order valence-electron chi connectivity index (χ4n) is 1.85. The van der Waals surface area contributed by atoms with Crippen LogP contribution in [-0.2, 0) is 6.18 Å². The molecule has 0 saturated carbocycles. The van der Waals surface area contributed by atoms with E-state index in [0.717, 1.165) is 12.1 Å². The molecule has 120 valence electrons. The summed E-state index contributed by atoms with van der Waals surface area (Å²) in [6.07, 6.45) is -3.80. The largest absolute Gasteiger partial charge is 0.490 e. The molecule has 23 heavy (non-hydrogen) atoms. The van der Waals surface area contributed by atoms with Crippen LogP contribution < -0.4 is 9.47 Å². The highest BCUT2D eigenvalue weighted by molar-refractivity contribution is 5.47. The van der Waals surface area contributed by atoms with Gasteiger partial charge in [-0.05, 0) is 42.8 Å². The first-order valence-corrected chi connectivity index (χ1v) is 6.96. The van der Waals surface area contributed by atoms with E-state index < -0.39 is 11.7 Å². The van der Waals surface area contributed by atoms with E-state index in [2.05, 4.69) is 0 Å². The van der Waals surface area contributed by atoms with Gasteiger partial charge in [0.15, 0.2) is 11.5 Å². The lowest BCUT2D eigenvalue weighted by Gasteiger charge is -2.15. The quantitative estimate of drug-likeness (QED) is 0.764. The predicted molar refractivity (Wildman–Crippen MR) is 78.5 cm³/mol. The van der Waals surface area contributed by atoms with Crippen molar-refractivity contribution in [3.8, 4) is 23.3 Å². The summed E-state index contributed by atoms with van der Waals surface area (Å²) in [6.45, 7) is 2.13. The van der Waals surface area contributed by atoms with Crippen LogP contribution in [0.5, 0.6) is 17.2 Å². The summed E-state index contributed by atoms with van der Waals surface area (Å²) in [5.74, 6) is 0.538. The maximum atomic E-state index is 12.8. The number of hydrogen-bond donors (Lipinski definition) is 0. The molecule has 6 heteroatoms. The lowest BCUT2D eigenvalue weighted by molar-refractivity contribution is -0.137. The smallest absolute Gasteiger partial charge is 0.416 e. The lowest BCUT2D eigenvalue weighted by atomic mass is 10.2. The molecule has 0 bridgehead atoms. The number of alkyl halides is 3. The number of ether oxygens (including phenoxy) is 2. The first kappa shape index (κ1) is 16.7. The van der Waals surface area contributed by atoms with Gasteiger partial charge in [-0.3, -0.25) is 0 Å². The topological polar surface area (TPSA) is 42.2 Å². The monoisotopic (exact) mass is 321 g/mol. The highest BCUT2D eigenvalue weighted by Gasteiger charge is 2.31. The maximum absolute atomic E-state index is 12.8. The van der Waals surface area contributed by atoms with Crippen LogP contribution in [0.25, 0.3) is 0 Å². The average molecular weight is 321 g/mol. The summed E-state index contributed by atoms with van der Waals surface area (Å²) >= 11 is 0. The predicted octanol–water partition coefficient (Wildman–Crippen LogP) is 5.16. The van der Waals surface area contributed by atoms with Crippen LogP contribution in [0.1, 0.15) is 24.5 Å². The van der Waals surface area contributed by atoms with Gasteiger partial charge in [0.2, 0.25) is 0 Å². The number of rotatable bonds is 5. The summed E-state index contributed by atoms with van der Waals surface area (Å²) in [5.41, 5.74) is -0.410. The highest BCUT2D eigenvalue weighted by Crippen LogP contribution is 2.38. The molecule has 0 saturated heterocycles. The molecule has 0 aromatic heterocycles. The molecule has 0 heterocycles. The Balaban J connectivity index is 2.34. The van der Waals surface area contributed by atoms with Gasteiger partial charge in [0, 0.05) is 0 Å². The first-order chi connectivity index (χ1) is 10.9. The summed E-state index contributed by atoms with van der Waals surface area (Å²) in [4.78, 5) is 0. The third-order valence-electron chi connectivity index (χ3n) is 2.92. The van der Waals surface area contributed by atoms with Crippen molar-refractivity contribution >= 4 is 0 Å². The minimum absolute atomic E-state index is 0.0176. The summed E-state index contributed by atoms with van der Waals surface area (Å²) in [7, 11) is 0. The molecule has 0 spiro atoms. The second-order valence-corrected chi connectivity index (χ2v) is 4.75. The Bertz CT molecular complexity index is 721. The highest BCUT2D eigenvalue weighted by atomic mass is 19.4. The molecule has 0 radical (unpaired) electrons. The molecular formula is C17H14F3NO2. The van der Waals surface area contributed by atoms with Crippen LogP contribution in [0, 0.1) is 11.3 Å². The summed E-state index contributed by atoms with van der Waals surface area (Å²) in [6, 6.07) is 11.4.